The topological polar surface area (TPSA) is 48.0 Å². The highest BCUT2D eigenvalue weighted by atomic mass is 16.5. The van der Waals surface area contributed by atoms with Gasteiger partial charge < -0.3 is 19.1 Å². The van der Waals surface area contributed by atoms with E-state index in [0.29, 0.717) is 12.5 Å². The van der Waals surface area contributed by atoms with Gasteiger partial charge >= 0.3 is 5.97 Å². The molecule has 220 valence electrons. The average molecular weight is 526 g/mol. The highest BCUT2D eigenvalue weighted by Crippen LogP contribution is 2.10. The zero-order valence-corrected chi connectivity index (χ0v) is 25.3. The van der Waals surface area contributed by atoms with E-state index in [1.807, 2.05) is 0 Å². The fraction of sp³-hybridized carbons (Fsp3) is 0.906. The summed E-state index contributed by atoms with van der Waals surface area (Å²) in [6, 6.07) is 0.349. The minimum atomic E-state index is -0.0917. The van der Waals surface area contributed by atoms with Gasteiger partial charge in [-0.2, -0.15) is 0 Å². The molecule has 0 amide bonds. The van der Waals surface area contributed by atoms with Crippen molar-refractivity contribution in [2.45, 2.75) is 141 Å². The van der Waals surface area contributed by atoms with Crippen LogP contribution in [0, 0.1) is 0 Å². The molecule has 0 bridgehead atoms. The third-order valence-electron chi connectivity index (χ3n) is 7.05. The molecule has 0 heterocycles. The van der Waals surface area contributed by atoms with Crippen LogP contribution in [0.15, 0.2) is 12.2 Å². The first-order valence-electron chi connectivity index (χ1n) is 15.7. The van der Waals surface area contributed by atoms with Crippen LogP contribution in [0.2, 0.25) is 0 Å². The Morgan fingerprint density at radius 2 is 1.08 bits per heavy atom. The van der Waals surface area contributed by atoms with Gasteiger partial charge in [0.2, 0.25) is 0 Å². The Labute approximate surface area is 231 Å². The van der Waals surface area contributed by atoms with Gasteiger partial charge in [-0.3, -0.25) is 4.79 Å². The van der Waals surface area contributed by atoms with Crippen molar-refractivity contribution in [3.05, 3.63) is 12.2 Å². The second kappa shape index (κ2) is 29.6. The molecular formula is C32H63NO4. The number of likely N-dealkylation sites (N-methyl/N-ethyl adjacent to an activating group) is 1. The molecule has 5 heteroatoms. The van der Waals surface area contributed by atoms with Crippen molar-refractivity contribution in [2.75, 3.05) is 47.6 Å². The van der Waals surface area contributed by atoms with E-state index >= 15 is 0 Å². The number of rotatable bonds is 29. The van der Waals surface area contributed by atoms with Crippen molar-refractivity contribution in [1.29, 1.82) is 0 Å². The van der Waals surface area contributed by atoms with Gasteiger partial charge in [0.1, 0.15) is 0 Å². The minimum Gasteiger partial charge on any atom is -0.469 e. The number of ether oxygens (including phenoxy) is 3. The zero-order chi connectivity index (χ0) is 27.2. The molecule has 0 fully saturated rings. The summed E-state index contributed by atoms with van der Waals surface area (Å²) < 4.78 is 16.6. The van der Waals surface area contributed by atoms with Crippen LogP contribution in [0.5, 0.6) is 0 Å². The summed E-state index contributed by atoms with van der Waals surface area (Å²) in [5, 5.41) is 0. The van der Waals surface area contributed by atoms with Crippen molar-refractivity contribution < 1.29 is 19.0 Å². The van der Waals surface area contributed by atoms with Gasteiger partial charge in [0.25, 0.3) is 0 Å². The van der Waals surface area contributed by atoms with E-state index in [1.54, 1.807) is 0 Å². The monoisotopic (exact) mass is 525 g/mol. The van der Waals surface area contributed by atoms with E-state index in [-0.39, 0.29) is 5.97 Å². The summed E-state index contributed by atoms with van der Waals surface area (Å²) in [6.07, 6.45) is 29.1. The van der Waals surface area contributed by atoms with Crippen molar-refractivity contribution in [3.8, 4) is 0 Å². The van der Waals surface area contributed by atoms with Crippen LogP contribution in [0.3, 0.4) is 0 Å². The lowest BCUT2D eigenvalue weighted by molar-refractivity contribution is -0.140. The van der Waals surface area contributed by atoms with Gasteiger partial charge in [-0.1, -0.05) is 96.1 Å². The molecule has 0 rings (SSSR count). The van der Waals surface area contributed by atoms with Gasteiger partial charge in [0, 0.05) is 19.6 Å². The molecule has 5 nitrogen and oxygen atoms in total. The number of methoxy groups -OCH3 is 1. The van der Waals surface area contributed by atoms with E-state index in [2.05, 4.69) is 42.8 Å². The first kappa shape index (κ1) is 36.1. The fourth-order valence-corrected chi connectivity index (χ4v) is 4.34. The quantitative estimate of drug-likeness (QED) is 0.0556. The van der Waals surface area contributed by atoms with E-state index < -0.39 is 0 Å². The molecule has 0 saturated carbocycles. The minimum absolute atomic E-state index is 0.0917. The number of nitrogens with zero attached hydrogens (tertiary/aromatic N) is 1. The van der Waals surface area contributed by atoms with Crippen LogP contribution in [0.4, 0.5) is 0 Å². The molecule has 0 spiro atoms. The van der Waals surface area contributed by atoms with Crippen molar-refractivity contribution in [3.63, 3.8) is 0 Å². The standard InChI is InChI=1S/C32H63NO4/c1-5-6-7-8-9-18-21-24-27-36-29-31(33(2)3)30-37-28-25-22-19-16-14-12-10-11-13-15-17-20-23-26-32(34)35-4/h11,13,31H,5-10,12,14-30H2,1-4H3/b13-11+. The predicted molar refractivity (Wildman–Crippen MR) is 158 cm³/mol. The Morgan fingerprint density at radius 3 is 1.54 bits per heavy atom. The molecular weight excluding hydrogens is 462 g/mol. The van der Waals surface area contributed by atoms with Crippen molar-refractivity contribution in [2.24, 2.45) is 0 Å². The van der Waals surface area contributed by atoms with Gasteiger partial charge in [0.15, 0.2) is 0 Å². The Balaban J connectivity index is 3.43. The number of unbranched alkanes of at least 4 members (excludes halogenated alkanes) is 16. The largest absolute Gasteiger partial charge is 0.469 e. The van der Waals surface area contributed by atoms with Crippen LogP contribution in [-0.2, 0) is 19.0 Å². The molecule has 1 atom stereocenters. The Hall–Kier alpha value is -0.910. The molecule has 0 aromatic heterocycles. The maximum atomic E-state index is 11.0. The molecule has 37 heavy (non-hydrogen) atoms. The second-order valence-corrected chi connectivity index (χ2v) is 10.8. The number of hydrogen-bond acceptors (Lipinski definition) is 5. The molecule has 0 aromatic rings. The third kappa shape index (κ3) is 27.9. The summed E-state index contributed by atoms with van der Waals surface area (Å²) in [6.45, 7) is 5.56. The van der Waals surface area contributed by atoms with E-state index in [1.165, 1.54) is 97.0 Å². The maximum absolute atomic E-state index is 11.0. The molecule has 0 aliphatic heterocycles. The smallest absolute Gasteiger partial charge is 0.305 e. The Bertz CT molecular complexity index is 495. The molecule has 0 aromatic carbocycles. The summed E-state index contributed by atoms with van der Waals surface area (Å²) in [5.74, 6) is -0.0917. The lowest BCUT2D eigenvalue weighted by Crippen LogP contribution is -2.37. The summed E-state index contributed by atoms with van der Waals surface area (Å²) in [4.78, 5) is 13.3. The summed E-state index contributed by atoms with van der Waals surface area (Å²) in [5.41, 5.74) is 0. The van der Waals surface area contributed by atoms with Gasteiger partial charge in [0.05, 0.1) is 26.4 Å². The Kier molecular flexibility index (Phi) is 28.9. The number of carbonyl (C=O) groups is 1. The van der Waals surface area contributed by atoms with Gasteiger partial charge in [-0.25, -0.2) is 0 Å². The van der Waals surface area contributed by atoms with E-state index in [0.717, 1.165) is 58.5 Å². The van der Waals surface area contributed by atoms with Gasteiger partial charge in [-0.05, 0) is 59.0 Å². The first-order valence-corrected chi connectivity index (χ1v) is 15.7. The Morgan fingerprint density at radius 1 is 0.649 bits per heavy atom. The highest BCUT2D eigenvalue weighted by Gasteiger charge is 2.11. The molecule has 0 aliphatic carbocycles. The molecule has 0 aliphatic rings. The van der Waals surface area contributed by atoms with E-state index in [4.69, 9.17) is 9.47 Å². The number of allylic oxidation sites excluding steroid dienone is 2. The zero-order valence-electron chi connectivity index (χ0n) is 25.3. The highest BCUT2D eigenvalue weighted by molar-refractivity contribution is 5.68. The lowest BCUT2D eigenvalue weighted by atomic mass is 10.1. The third-order valence-corrected chi connectivity index (χ3v) is 7.05. The molecule has 0 N–H and O–H groups in total. The molecule has 1 unspecified atom stereocenters. The average Bonchev–Trinajstić information content (AvgIpc) is 2.89. The first-order chi connectivity index (χ1) is 18.1. The SMILES string of the molecule is CCCCCCCCCCOCC(COCCCCCCCC/C=C/CCCCCC(=O)OC)N(C)C. The molecule has 0 radical (unpaired) electrons. The normalized spacial score (nSPS) is 12.6. The molecule has 0 saturated heterocycles. The van der Waals surface area contributed by atoms with Crippen molar-refractivity contribution >= 4 is 5.97 Å². The summed E-state index contributed by atoms with van der Waals surface area (Å²) >= 11 is 0. The number of esters is 1. The van der Waals surface area contributed by atoms with Crippen LogP contribution >= 0.6 is 0 Å². The van der Waals surface area contributed by atoms with Crippen molar-refractivity contribution in [1.82, 2.24) is 4.90 Å². The van der Waals surface area contributed by atoms with Gasteiger partial charge in [-0.15, -0.1) is 0 Å². The van der Waals surface area contributed by atoms with Crippen LogP contribution in [0.1, 0.15) is 135 Å². The van der Waals surface area contributed by atoms with Crippen LogP contribution in [0.25, 0.3) is 0 Å². The second-order valence-electron chi connectivity index (χ2n) is 10.8. The van der Waals surface area contributed by atoms with Crippen LogP contribution in [-0.4, -0.2) is 64.5 Å². The maximum Gasteiger partial charge on any atom is 0.305 e. The van der Waals surface area contributed by atoms with Crippen LogP contribution < -0.4 is 0 Å². The number of hydrogen-bond donors (Lipinski definition) is 0. The lowest BCUT2D eigenvalue weighted by Gasteiger charge is -2.24. The summed E-state index contributed by atoms with van der Waals surface area (Å²) in [7, 11) is 5.70. The fourth-order valence-electron chi connectivity index (χ4n) is 4.34. The predicted octanol–water partition coefficient (Wildman–Crippen LogP) is 8.50. The number of carbonyl (C=O) groups excluding carboxylic acids is 1. The van der Waals surface area contributed by atoms with E-state index in [9.17, 15) is 4.79 Å².